The first kappa shape index (κ1) is 14.0. The van der Waals surface area contributed by atoms with Gasteiger partial charge in [0.15, 0.2) is 0 Å². The van der Waals surface area contributed by atoms with Crippen LogP contribution in [-0.4, -0.2) is 18.1 Å². The largest absolute Gasteiger partial charge is 0.307 e. The highest BCUT2D eigenvalue weighted by Gasteiger charge is 2.19. The van der Waals surface area contributed by atoms with Gasteiger partial charge in [-0.15, -0.1) is 0 Å². The third kappa shape index (κ3) is 3.76. The number of benzene rings is 1. The highest BCUT2D eigenvalue weighted by atomic mass is 32.2. The molecule has 2 atom stereocenters. The van der Waals surface area contributed by atoms with Gasteiger partial charge in [0.25, 0.3) is 0 Å². The van der Waals surface area contributed by atoms with Gasteiger partial charge in [-0.3, -0.25) is 0 Å². The summed E-state index contributed by atoms with van der Waals surface area (Å²) in [7, 11) is 0. The van der Waals surface area contributed by atoms with Crippen LogP contribution in [0.15, 0.2) is 24.3 Å². The van der Waals surface area contributed by atoms with E-state index in [-0.39, 0.29) is 0 Å². The van der Waals surface area contributed by atoms with Gasteiger partial charge in [-0.25, -0.2) is 0 Å². The van der Waals surface area contributed by atoms with Crippen molar-refractivity contribution < 1.29 is 0 Å². The summed E-state index contributed by atoms with van der Waals surface area (Å²) in [5, 5.41) is 3.84. The van der Waals surface area contributed by atoms with Crippen molar-refractivity contribution in [3.63, 3.8) is 0 Å². The van der Waals surface area contributed by atoms with E-state index in [0.717, 1.165) is 0 Å². The van der Waals surface area contributed by atoms with E-state index < -0.39 is 0 Å². The van der Waals surface area contributed by atoms with E-state index in [9.17, 15) is 0 Å². The Labute approximate surface area is 116 Å². The van der Waals surface area contributed by atoms with E-state index in [4.69, 9.17) is 0 Å². The molecule has 0 bridgehead atoms. The van der Waals surface area contributed by atoms with Gasteiger partial charge in [0.1, 0.15) is 0 Å². The Bertz CT molecular complexity index is 364. The summed E-state index contributed by atoms with van der Waals surface area (Å²) in [4.78, 5) is 0. The highest BCUT2D eigenvalue weighted by molar-refractivity contribution is 7.98. The van der Waals surface area contributed by atoms with Crippen molar-refractivity contribution in [2.24, 2.45) is 0 Å². The first-order valence-electron chi connectivity index (χ1n) is 7.14. The zero-order valence-corrected chi connectivity index (χ0v) is 12.4. The molecule has 0 saturated heterocycles. The lowest BCUT2D eigenvalue weighted by molar-refractivity contribution is 0.423. The summed E-state index contributed by atoms with van der Waals surface area (Å²) in [6, 6.07) is 10.2. The maximum Gasteiger partial charge on any atom is 0.0325 e. The molecule has 0 aliphatic heterocycles. The molecule has 18 heavy (non-hydrogen) atoms. The number of aryl methyl sites for hydroxylation is 1. The molecule has 1 aromatic rings. The quantitative estimate of drug-likeness (QED) is 0.800. The van der Waals surface area contributed by atoms with Gasteiger partial charge >= 0.3 is 0 Å². The van der Waals surface area contributed by atoms with Crippen molar-refractivity contribution in [3.05, 3.63) is 35.4 Å². The average molecular weight is 263 g/mol. The second-order valence-corrected chi connectivity index (χ2v) is 6.33. The van der Waals surface area contributed by atoms with Crippen molar-refractivity contribution in [1.82, 2.24) is 5.32 Å². The molecule has 1 aromatic carbocycles. The number of thioether (sulfide) groups is 1. The normalized spacial score (nSPS) is 21.1. The minimum absolute atomic E-state index is 0.570. The van der Waals surface area contributed by atoms with Gasteiger partial charge in [-0.05, 0) is 55.7 Å². The molecule has 0 amide bonds. The van der Waals surface area contributed by atoms with Crippen LogP contribution >= 0.6 is 11.8 Å². The molecule has 2 rings (SSSR count). The molecule has 2 unspecified atom stereocenters. The molecule has 0 fully saturated rings. The molecule has 0 saturated carbocycles. The molecule has 1 nitrogen and oxygen atoms in total. The van der Waals surface area contributed by atoms with Crippen LogP contribution < -0.4 is 5.32 Å². The van der Waals surface area contributed by atoms with Crippen molar-refractivity contribution in [3.8, 4) is 0 Å². The van der Waals surface area contributed by atoms with Crippen molar-refractivity contribution in [2.45, 2.75) is 51.1 Å². The lowest BCUT2D eigenvalue weighted by Gasteiger charge is -2.24. The van der Waals surface area contributed by atoms with Crippen molar-refractivity contribution in [1.29, 1.82) is 0 Å². The lowest BCUT2D eigenvalue weighted by Crippen LogP contribution is -2.31. The van der Waals surface area contributed by atoms with E-state index in [1.807, 2.05) is 11.8 Å². The smallest absolute Gasteiger partial charge is 0.0325 e. The summed E-state index contributed by atoms with van der Waals surface area (Å²) in [5.74, 6) is 1.25. The van der Waals surface area contributed by atoms with Crippen LogP contribution in [0.5, 0.6) is 0 Å². The standard InChI is InChI=1S/C16H25NS/c1-13(11-12-18-2)17-16-10-6-4-8-14-7-3-5-9-15(14)16/h3,5,7,9,13,16-17H,4,6,8,10-12H2,1-2H3. The topological polar surface area (TPSA) is 12.0 Å². The fourth-order valence-corrected chi connectivity index (χ4v) is 3.41. The van der Waals surface area contributed by atoms with Gasteiger partial charge < -0.3 is 5.32 Å². The van der Waals surface area contributed by atoms with Crippen molar-refractivity contribution >= 4 is 11.8 Å². The fraction of sp³-hybridized carbons (Fsp3) is 0.625. The molecule has 0 aromatic heterocycles. The van der Waals surface area contributed by atoms with E-state index in [1.165, 1.54) is 37.9 Å². The minimum atomic E-state index is 0.570. The Kier molecular flexibility index (Phi) is 5.58. The molecular formula is C16H25NS. The number of hydrogen-bond acceptors (Lipinski definition) is 2. The van der Waals surface area contributed by atoms with Crippen LogP contribution in [0.1, 0.15) is 49.8 Å². The Morgan fingerprint density at radius 3 is 3.00 bits per heavy atom. The molecule has 1 aliphatic carbocycles. The SMILES string of the molecule is CSCCC(C)NC1CCCCc2ccccc21. The monoisotopic (exact) mass is 263 g/mol. The number of rotatable bonds is 5. The zero-order valence-electron chi connectivity index (χ0n) is 11.6. The number of nitrogens with one attached hydrogen (secondary N) is 1. The first-order chi connectivity index (χ1) is 8.81. The second-order valence-electron chi connectivity index (χ2n) is 5.35. The summed E-state index contributed by atoms with van der Waals surface area (Å²) >= 11 is 1.94. The predicted molar refractivity (Wildman–Crippen MR) is 82.3 cm³/mol. The molecule has 1 aliphatic rings. The number of hydrogen-bond donors (Lipinski definition) is 1. The number of fused-ring (bicyclic) bond motifs is 1. The Morgan fingerprint density at radius 1 is 1.33 bits per heavy atom. The third-order valence-corrected chi connectivity index (χ3v) is 4.50. The summed E-state index contributed by atoms with van der Waals surface area (Å²) in [6.45, 7) is 2.32. The van der Waals surface area contributed by atoms with E-state index in [1.54, 1.807) is 11.1 Å². The molecule has 0 radical (unpaired) electrons. The second kappa shape index (κ2) is 7.20. The van der Waals surface area contributed by atoms with Gasteiger partial charge in [-0.1, -0.05) is 30.7 Å². The van der Waals surface area contributed by atoms with E-state index >= 15 is 0 Å². The zero-order chi connectivity index (χ0) is 12.8. The lowest BCUT2D eigenvalue weighted by atomic mass is 9.98. The average Bonchev–Trinajstić information content (AvgIpc) is 2.59. The van der Waals surface area contributed by atoms with Gasteiger partial charge in [0.05, 0.1) is 0 Å². The van der Waals surface area contributed by atoms with Gasteiger partial charge in [-0.2, -0.15) is 11.8 Å². The van der Waals surface area contributed by atoms with Crippen molar-refractivity contribution in [2.75, 3.05) is 12.0 Å². The van der Waals surface area contributed by atoms with E-state index in [2.05, 4.69) is 42.8 Å². The first-order valence-corrected chi connectivity index (χ1v) is 8.53. The summed E-state index contributed by atoms with van der Waals surface area (Å²) in [6.07, 6.45) is 8.69. The van der Waals surface area contributed by atoms with Crippen LogP contribution in [0.4, 0.5) is 0 Å². The van der Waals surface area contributed by atoms with Crippen LogP contribution in [0.3, 0.4) is 0 Å². The molecular weight excluding hydrogens is 238 g/mol. The molecule has 100 valence electrons. The van der Waals surface area contributed by atoms with Crippen LogP contribution in [0.2, 0.25) is 0 Å². The molecule has 0 heterocycles. The Balaban J connectivity index is 2.03. The third-order valence-electron chi connectivity index (χ3n) is 3.86. The predicted octanol–water partition coefficient (Wildman–Crippen LogP) is 4.19. The van der Waals surface area contributed by atoms with Crippen LogP contribution in [0, 0.1) is 0 Å². The van der Waals surface area contributed by atoms with Gasteiger partial charge in [0.2, 0.25) is 0 Å². The Hall–Kier alpha value is -0.470. The molecule has 2 heteroatoms. The van der Waals surface area contributed by atoms with Crippen LogP contribution in [0.25, 0.3) is 0 Å². The summed E-state index contributed by atoms with van der Waals surface area (Å²) in [5.41, 5.74) is 3.11. The highest BCUT2D eigenvalue weighted by Crippen LogP contribution is 2.29. The molecule has 1 N–H and O–H groups in total. The maximum absolute atomic E-state index is 3.84. The minimum Gasteiger partial charge on any atom is -0.307 e. The maximum atomic E-state index is 3.84. The Morgan fingerprint density at radius 2 is 2.17 bits per heavy atom. The molecule has 0 spiro atoms. The van der Waals surface area contributed by atoms with Crippen LogP contribution in [-0.2, 0) is 6.42 Å². The van der Waals surface area contributed by atoms with Gasteiger partial charge in [0, 0.05) is 12.1 Å². The summed E-state index contributed by atoms with van der Waals surface area (Å²) < 4.78 is 0. The fourth-order valence-electron chi connectivity index (χ4n) is 2.82. The van der Waals surface area contributed by atoms with E-state index in [0.29, 0.717) is 12.1 Å².